The molecule has 0 bridgehead atoms. The zero-order chi connectivity index (χ0) is 23.2. The van der Waals surface area contributed by atoms with Crippen LogP contribution in [0.15, 0.2) is 96.7 Å². The third-order valence-electron chi connectivity index (χ3n) is 6.04. The van der Waals surface area contributed by atoms with Gasteiger partial charge >= 0.3 is 5.91 Å². The number of pyridine rings is 1. The van der Waals surface area contributed by atoms with E-state index in [1.807, 2.05) is 54.6 Å². The summed E-state index contributed by atoms with van der Waals surface area (Å²) in [6, 6.07) is 24.8. The normalized spacial score (nSPS) is 17.6. The van der Waals surface area contributed by atoms with Crippen molar-refractivity contribution in [2.24, 2.45) is 0 Å². The minimum atomic E-state index is -0.937. The topological polar surface area (TPSA) is 99.2 Å². The molecule has 0 aliphatic carbocycles. The van der Waals surface area contributed by atoms with Crippen molar-refractivity contribution in [2.75, 3.05) is 4.90 Å². The number of H-pyrrole nitrogens is 1. The van der Waals surface area contributed by atoms with Gasteiger partial charge < -0.3 is 10.1 Å². The van der Waals surface area contributed by atoms with Crippen molar-refractivity contribution < 1.29 is 14.7 Å². The molecule has 2 aromatic heterocycles. The van der Waals surface area contributed by atoms with Gasteiger partial charge in [-0.2, -0.15) is 0 Å². The quantitative estimate of drug-likeness (QED) is 0.237. The second-order valence-electron chi connectivity index (χ2n) is 8.06. The van der Waals surface area contributed by atoms with E-state index in [9.17, 15) is 14.7 Å². The molecule has 3 heterocycles. The molecule has 2 N–H and O–H groups in total. The maximum Gasteiger partial charge on any atom is 0.302 e. The number of carbonyl (C=O) groups is 2. The molecule has 164 valence electrons. The summed E-state index contributed by atoms with van der Waals surface area (Å²) in [6.07, 6.45) is 1.59. The summed E-state index contributed by atoms with van der Waals surface area (Å²) >= 11 is 0. The van der Waals surface area contributed by atoms with E-state index in [-0.39, 0.29) is 17.3 Å². The molecule has 5 aromatic rings. The Bertz CT molecular complexity index is 1590. The van der Waals surface area contributed by atoms with E-state index in [1.165, 1.54) is 4.90 Å². The lowest BCUT2D eigenvalue weighted by Crippen LogP contribution is -2.30. The fourth-order valence-electron chi connectivity index (χ4n) is 4.41. The van der Waals surface area contributed by atoms with Crippen LogP contribution in [0.3, 0.4) is 0 Å². The molecule has 0 spiro atoms. The summed E-state index contributed by atoms with van der Waals surface area (Å²) in [4.78, 5) is 39.9. The van der Waals surface area contributed by atoms with Gasteiger partial charge in [0.15, 0.2) is 0 Å². The van der Waals surface area contributed by atoms with Gasteiger partial charge in [0.05, 0.1) is 22.3 Å². The van der Waals surface area contributed by atoms with Crippen LogP contribution in [0.1, 0.15) is 17.3 Å². The molecule has 1 aliphatic heterocycles. The van der Waals surface area contributed by atoms with Crippen LogP contribution < -0.4 is 4.90 Å². The number of hydrogen-bond acceptors (Lipinski definition) is 5. The van der Waals surface area contributed by atoms with Gasteiger partial charge in [-0.15, -0.1) is 0 Å². The number of anilines is 1. The van der Waals surface area contributed by atoms with E-state index < -0.39 is 17.7 Å². The van der Waals surface area contributed by atoms with Crippen LogP contribution in [-0.2, 0) is 9.59 Å². The van der Waals surface area contributed by atoms with Crippen molar-refractivity contribution in [3.05, 3.63) is 108 Å². The molecule has 0 radical (unpaired) electrons. The number of para-hydroxylation sites is 2. The largest absolute Gasteiger partial charge is 0.507 e. The molecule has 7 heteroatoms. The standard InChI is InChI=1S/C27H18N4O3/c32-24(18-13-12-16-7-1-2-8-17(16)15-18)22-23(21-11-5-6-14-28-21)31(26(34)25(22)33)27-29-19-9-3-4-10-20(19)30-27/h1-15,23,32H,(H,29,30)/b24-22+. The maximum absolute atomic E-state index is 13.3. The monoisotopic (exact) mass is 446 g/mol. The number of rotatable bonds is 3. The first-order valence-corrected chi connectivity index (χ1v) is 10.8. The predicted molar refractivity (Wildman–Crippen MR) is 129 cm³/mol. The van der Waals surface area contributed by atoms with Gasteiger partial charge in [0.1, 0.15) is 11.8 Å². The smallest absolute Gasteiger partial charge is 0.302 e. The van der Waals surface area contributed by atoms with Gasteiger partial charge in [0.2, 0.25) is 5.95 Å². The number of aromatic nitrogens is 3. The molecule has 1 fully saturated rings. The van der Waals surface area contributed by atoms with Crippen molar-refractivity contribution in [3.8, 4) is 0 Å². The molecule has 7 nitrogen and oxygen atoms in total. The Labute approximate surface area is 194 Å². The fourth-order valence-corrected chi connectivity index (χ4v) is 4.41. The molecule has 1 saturated heterocycles. The Morgan fingerprint density at radius 2 is 1.65 bits per heavy atom. The number of hydrogen-bond donors (Lipinski definition) is 2. The second-order valence-corrected chi connectivity index (χ2v) is 8.06. The highest BCUT2D eigenvalue weighted by Gasteiger charge is 2.48. The number of nitrogens with zero attached hydrogens (tertiary/aromatic N) is 3. The third-order valence-corrected chi connectivity index (χ3v) is 6.04. The van der Waals surface area contributed by atoms with E-state index in [2.05, 4.69) is 15.0 Å². The Kier molecular flexibility index (Phi) is 4.48. The van der Waals surface area contributed by atoms with Crippen LogP contribution >= 0.6 is 0 Å². The molecular weight excluding hydrogens is 428 g/mol. The van der Waals surface area contributed by atoms with Gasteiger partial charge in [-0.1, -0.05) is 54.6 Å². The highest BCUT2D eigenvalue weighted by Crippen LogP contribution is 2.41. The maximum atomic E-state index is 13.3. The summed E-state index contributed by atoms with van der Waals surface area (Å²) in [5.41, 5.74) is 2.26. The average molecular weight is 446 g/mol. The minimum absolute atomic E-state index is 0.0283. The molecule has 1 atom stereocenters. The lowest BCUT2D eigenvalue weighted by molar-refractivity contribution is -0.132. The van der Waals surface area contributed by atoms with Crippen LogP contribution in [0.5, 0.6) is 0 Å². The molecule has 6 rings (SSSR count). The summed E-state index contributed by atoms with van der Waals surface area (Å²) in [7, 11) is 0. The number of aliphatic hydroxyl groups is 1. The summed E-state index contributed by atoms with van der Waals surface area (Å²) in [5.74, 6) is -1.60. The van der Waals surface area contributed by atoms with E-state index in [1.54, 1.807) is 36.5 Å². The highest BCUT2D eigenvalue weighted by molar-refractivity contribution is 6.51. The number of fused-ring (bicyclic) bond motifs is 2. The van der Waals surface area contributed by atoms with Crippen molar-refractivity contribution in [1.82, 2.24) is 15.0 Å². The summed E-state index contributed by atoms with van der Waals surface area (Å²) < 4.78 is 0. The van der Waals surface area contributed by atoms with Gasteiger partial charge in [-0.05, 0) is 41.1 Å². The molecule has 1 aliphatic rings. The lowest BCUT2D eigenvalue weighted by atomic mass is 9.97. The molecular formula is C27H18N4O3. The number of ketones is 1. The summed E-state index contributed by atoms with van der Waals surface area (Å²) in [6.45, 7) is 0. The Morgan fingerprint density at radius 3 is 2.44 bits per heavy atom. The SMILES string of the molecule is O=C1C(=O)N(c2nc3ccccc3[nH]2)C(c2ccccn2)/C1=C(\O)c1ccc2ccccc2c1. The molecule has 1 amide bonds. The Hall–Kier alpha value is -4.78. The van der Waals surface area contributed by atoms with Crippen molar-refractivity contribution in [1.29, 1.82) is 0 Å². The summed E-state index contributed by atoms with van der Waals surface area (Å²) in [5, 5.41) is 13.2. The number of nitrogens with one attached hydrogen (secondary N) is 1. The third kappa shape index (κ3) is 3.06. The highest BCUT2D eigenvalue weighted by atomic mass is 16.3. The van der Waals surface area contributed by atoms with E-state index >= 15 is 0 Å². The first-order chi connectivity index (χ1) is 16.6. The minimum Gasteiger partial charge on any atom is -0.507 e. The van der Waals surface area contributed by atoms with E-state index in [4.69, 9.17) is 0 Å². The van der Waals surface area contributed by atoms with Crippen LogP contribution in [0.2, 0.25) is 0 Å². The molecule has 3 aromatic carbocycles. The lowest BCUT2D eigenvalue weighted by Gasteiger charge is -2.22. The number of aromatic amines is 1. The molecule has 0 saturated carbocycles. The first-order valence-electron chi connectivity index (χ1n) is 10.8. The number of carbonyl (C=O) groups excluding carboxylic acids is 2. The van der Waals surface area contributed by atoms with Crippen molar-refractivity contribution in [3.63, 3.8) is 0 Å². The fraction of sp³-hybridized carbons (Fsp3) is 0.0370. The Morgan fingerprint density at radius 1 is 0.882 bits per heavy atom. The van der Waals surface area contributed by atoms with Gasteiger partial charge in [0.25, 0.3) is 5.78 Å². The average Bonchev–Trinajstić information content (AvgIpc) is 3.42. The van der Waals surface area contributed by atoms with Crippen LogP contribution in [0.25, 0.3) is 27.6 Å². The van der Waals surface area contributed by atoms with E-state index in [0.29, 0.717) is 16.8 Å². The zero-order valence-electron chi connectivity index (χ0n) is 17.8. The van der Waals surface area contributed by atoms with Crippen LogP contribution in [0, 0.1) is 0 Å². The Balaban J connectivity index is 1.57. The number of amides is 1. The van der Waals surface area contributed by atoms with E-state index in [0.717, 1.165) is 16.3 Å². The number of aliphatic hydroxyl groups excluding tert-OH is 1. The first kappa shape index (κ1) is 19.9. The second kappa shape index (κ2) is 7.67. The van der Waals surface area contributed by atoms with Gasteiger partial charge in [-0.3, -0.25) is 19.5 Å². The predicted octanol–water partition coefficient (Wildman–Crippen LogP) is 4.74. The molecule has 1 unspecified atom stereocenters. The van der Waals surface area contributed by atoms with Gasteiger partial charge in [-0.25, -0.2) is 4.98 Å². The van der Waals surface area contributed by atoms with Crippen LogP contribution in [0.4, 0.5) is 5.95 Å². The van der Waals surface area contributed by atoms with Gasteiger partial charge in [0, 0.05) is 11.8 Å². The number of benzene rings is 3. The number of Topliss-reactive ketones (excluding diaryl/α,β-unsaturated/α-hetero) is 1. The van der Waals surface area contributed by atoms with Crippen molar-refractivity contribution >= 4 is 45.2 Å². The zero-order valence-corrected chi connectivity index (χ0v) is 17.8. The van der Waals surface area contributed by atoms with Crippen LogP contribution in [-0.4, -0.2) is 31.7 Å². The molecule has 34 heavy (non-hydrogen) atoms. The number of imidazole rings is 1. The van der Waals surface area contributed by atoms with Crippen molar-refractivity contribution in [2.45, 2.75) is 6.04 Å².